The number of methoxy groups -OCH3 is 1. The lowest BCUT2D eigenvalue weighted by Crippen LogP contribution is -2.05. The Morgan fingerprint density at radius 1 is 1.45 bits per heavy atom. The van der Waals surface area contributed by atoms with Gasteiger partial charge in [0.2, 0.25) is 0 Å². The molecule has 1 fully saturated rings. The van der Waals surface area contributed by atoms with Crippen LogP contribution in [0.5, 0.6) is 0 Å². The number of hydrogen-bond donors (Lipinski definition) is 0. The van der Waals surface area contributed by atoms with E-state index in [1.165, 1.54) is 44.9 Å². The van der Waals surface area contributed by atoms with Gasteiger partial charge in [-0.05, 0) is 19.3 Å². The van der Waals surface area contributed by atoms with Gasteiger partial charge in [0.1, 0.15) is 0 Å². The predicted octanol–water partition coefficient (Wildman–Crippen LogP) is 3.55. The van der Waals surface area contributed by atoms with E-state index in [2.05, 4.69) is 16.0 Å². The minimum atomic E-state index is -0.156. The topological polar surface area (TPSA) is 43.6 Å². The van der Waals surface area contributed by atoms with Gasteiger partial charge < -0.3 is 4.74 Å². The molecular weight excluding hydrogens is 272 g/mol. The molecule has 3 rings (SSSR count). The number of aryl methyl sites for hydroxylation is 1. The fourth-order valence-corrected chi connectivity index (χ4v) is 3.87. The molecule has 108 valence electrons. The minimum absolute atomic E-state index is 0.156. The summed E-state index contributed by atoms with van der Waals surface area (Å²) >= 11 is 1.66. The first-order valence-electron chi connectivity index (χ1n) is 7.30. The predicted molar refractivity (Wildman–Crippen MR) is 79.2 cm³/mol. The van der Waals surface area contributed by atoms with Gasteiger partial charge in [-0.3, -0.25) is 9.20 Å². The largest absolute Gasteiger partial charge is 0.469 e. The second kappa shape index (κ2) is 5.95. The fourth-order valence-electron chi connectivity index (χ4n) is 2.95. The highest BCUT2D eigenvalue weighted by Gasteiger charge is 2.19. The Balaban J connectivity index is 1.77. The van der Waals surface area contributed by atoms with Crippen molar-refractivity contribution < 1.29 is 9.53 Å². The fraction of sp³-hybridized carbons (Fsp3) is 0.600. The number of ether oxygens (including phenoxy) is 1. The molecule has 1 saturated carbocycles. The van der Waals surface area contributed by atoms with Crippen molar-refractivity contribution in [2.45, 2.75) is 50.9 Å². The summed E-state index contributed by atoms with van der Waals surface area (Å²) in [5, 5.41) is 2.09. The van der Waals surface area contributed by atoms with Crippen LogP contribution in [0.2, 0.25) is 0 Å². The molecule has 0 atom stereocenters. The maximum Gasteiger partial charge on any atom is 0.305 e. The van der Waals surface area contributed by atoms with Crippen LogP contribution in [-0.2, 0) is 16.0 Å². The summed E-state index contributed by atoms with van der Waals surface area (Å²) in [4.78, 5) is 17.1. The molecule has 2 aromatic rings. The van der Waals surface area contributed by atoms with Crippen LogP contribution in [0.4, 0.5) is 0 Å². The van der Waals surface area contributed by atoms with Crippen molar-refractivity contribution in [3.8, 4) is 0 Å². The lowest BCUT2D eigenvalue weighted by molar-refractivity contribution is -0.140. The Morgan fingerprint density at radius 3 is 3.00 bits per heavy atom. The molecule has 0 aliphatic heterocycles. The van der Waals surface area contributed by atoms with Crippen molar-refractivity contribution in [1.82, 2.24) is 9.38 Å². The number of carbonyl (C=O) groups is 1. The van der Waals surface area contributed by atoms with Gasteiger partial charge in [-0.1, -0.05) is 19.3 Å². The van der Waals surface area contributed by atoms with E-state index in [9.17, 15) is 4.79 Å². The van der Waals surface area contributed by atoms with E-state index in [1.54, 1.807) is 11.3 Å². The van der Waals surface area contributed by atoms with Gasteiger partial charge >= 0.3 is 5.97 Å². The smallest absolute Gasteiger partial charge is 0.305 e. The minimum Gasteiger partial charge on any atom is -0.469 e. The van der Waals surface area contributed by atoms with Gasteiger partial charge in [-0.25, -0.2) is 4.98 Å². The highest BCUT2D eigenvalue weighted by molar-refractivity contribution is 7.15. The summed E-state index contributed by atoms with van der Waals surface area (Å²) in [5.74, 6) is 0.473. The summed E-state index contributed by atoms with van der Waals surface area (Å²) in [5.41, 5.74) is 2.39. The van der Waals surface area contributed by atoms with Crippen molar-refractivity contribution >= 4 is 22.3 Å². The van der Waals surface area contributed by atoms with E-state index >= 15 is 0 Å². The second-order valence-electron chi connectivity index (χ2n) is 5.46. The molecule has 5 heteroatoms. The Labute approximate surface area is 122 Å². The zero-order valence-electron chi connectivity index (χ0n) is 11.8. The summed E-state index contributed by atoms with van der Waals surface area (Å²) in [6, 6.07) is 0. The monoisotopic (exact) mass is 292 g/mol. The number of rotatable bonds is 4. The summed E-state index contributed by atoms with van der Waals surface area (Å²) < 4.78 is 6.85. The van der Waals surface area contributed by atoms with E-state index in [0.717, 1.165) is 10.7 Å². The maximum absolute atomic E-state index is 11.3. The van der Waals surface area contributed by atoms with Crippen molar-refractivity contribution in [3.63, 3.8) is 0 Å². The van der Waals surface area contributed by atoms with Crippen LogP contribution < -0.4 is 0 Å². The first kappa shape index (κ1) is 13.6. The first-order valence-corrected chi connectivity index (χ1v) is 8.18. The molecule has 0 N–H and O–H groups in total. The normalized spacial score (nSPS) is 16.6. The van der Waals surface area contributed by atoms with Gasteiger partial charge in [0, 0.05) is 23.2 Å². The van der Waals surface area contributed by atoms with E-state index in [1.807, 2.05) is 0 Å². The zero-order valence-corrected chi connectivity index (χ0v) is 12.6. The number of fused-ring (bicyclic) bond motifs is 1. The molecule has 0 spiro atoms. The third-order valence-electron chi connectivity index (χ3n) is 4.14. The number of nitrogens with zero attached hydrogens (tertiary/aromatic N) is 2. The van der Waals surface area contributed by atoms with E-state index in [-0.39, 0.29) is 5.97 Å². The summed E-state index contributed by atoms with van der Waals surface area (Å²) in [7, 11) is 1.43. The highest BCUT2D eigenvalue weighted by atomic mass is 32.1. The number of hydrogen-bond acceptors (Lipinski definition) is 4. The molecule has 0 radical (unpaired) electrons. The number of aromatic nitrogens is 2. The third-order valence-corrected chi connectivity index (χ3v) is 5.03. The zero-order chi connectivity index (χ0) is 13.9. The van der Waals surface area contributed by atoms with Crippen molar-refractivity contribution in [1.29, 1.82) is 0 Å². The molecule has 0 bridgehead atoms. The number of esters is 1. The van der Waals surface area contributed by atoms with Crippen LogP contribution in [0.3, 0.4) is 0 Å². The van der Waals surface area contributed by atoms with Gasteiger partial charge in [0.15, 0.2) is 4.96 Å². The number of carbonyl (C=O) groups excluding carboxylic acids is 1. The van der Waals surface area contributed by atoms with Gasteiger partial charge in [-0.15, -0.1) is 11.3 Å². The molecule has 0 saturated heterocycles. The van der Waals surface area contributed by atoms with Gasteiger partial charge in [0.25, 0.3) is 0 Å². The standard InChI is InChI=1S/C15H20N2O2S/c1-19-14(18)8-7-12-10-20-15-16-13(9-17(12)15)11-5-3-2-4-6-11/h9-11H,2-8H2,1H3. The number of thiazole rings is 1. The van der Waals surface area contributed by atoms with E-state index in [0.29, 0.717) is 18.8 Å². The van der Waals surface area contributed by atoms with Crippen LogP contribution >= 0.6 is 11.3 Å². The second-order valence-corrected chi connectivity index (χ2v) is 6.29. The molecule has 0 aromatic carbocycles. The lowest BCUT2D eigenvalue weighted by atomic mass is 9.87. The van der Waals surface area contributed by atoms with Crippen LogP contribution in [0.25, 0.3) is 4.96 Å². The molecule has 1 aliphatic carbocycles. The highest BCUT2D eigenvalue weighted by Crippen LogP contribution is 2.33. The molecule has 20 heavy (non-hydrogen) atoms. The average molecular weight is 292 g/mol. The summed E-state index contributed by atoms with van der Waals surface area (Å²) in [6.07, 6.45) is 9.87. The lowest BCUT2D eigenvalue weighted by Gasteiger charge is -2.19. The van der Waals surface area contributed by atoms with E-state index < -0.39 is 0 Å². The van der Waals surface area contributed by atoms with Crippen LogP contribution in [0.1, 0.15) is 55.8 Å². The molecule has 4 nitrogen and oxygen atoms in total. The van der Waals surface area contributed by atoms with Crippen LogP contribution in [0, 0.1) is 0 Å². The molecular formula is C15H20N2O2S. The molecule has 2 heterocycles. The number of imidazole rings is 1. The van der Waals surface area contributed by atoms with Crippen LogP contribution in [-0.4, -0.2) is 22.5 Å². The van der Waals surface area contributed by atoms with Crippen molar-refractivity contribution in [2.24, 2.45) is 0 Å². The molecule has 0 amide bonds. The molecule has 1 aliphatic rings. The van der Waals surface area contributed by atoms with Gasteiger partial charge in [0.05, 0.1) is 19.2 Å². The Bertz CT molecular complexity index is 596. The molecule has 2 aromatic heterocycles. The quantitative estimate of drug-likeness (QED) is 0.809. The van der Waals surface area contributed by atoms with Crippen molar-refractivity contribution in [3.05, 3.63) is 23.0 Å². The Kier molecular flexibility index (Phi) is 4.05. The van der Waals surface area contributed by atoms with E-state index in [4.69, 9.17) is 9.72 Å². The van der Waals surface area contributed by atoms with Crippen LogP contribution in [0.15, 0.2) is 11.6 Å². The van der Waals surface area contributed by atoms with Crippen molar-refractivity contribution in [2.75, 3.05) is 7.11 Å². The Hall–Kier alpha value is -1.36. The Morgan fingerprint density at radius 2 is 2.25 bits per heavy atom. The average Bonchev–Trinajstić information content (AvgIpc) is 3.06. The first-order chi connectivity index (χ1) is 9.78. The summed E-state index contributed by atoms with van der Waals surface area (Å²) in [6.45, 7) is 0. The molecule has 0 unspecified atom stereocenters. The van der Waals surface area contributed by atoms with Gasteiger partial charge in [-0.2, -0.15) is 0 Å². The maximum atomic E-state index is 11.3. The third kappa shape index (κ3) is 2.73. The SMILES string of the molecule is COC(=O)CCc1csc2nc(C3CCCCC3)cn12.